The number of nitrogens with zero attached hydrogens (tertiary/aromatic N) is 3. The molecule has 0 bridgehead atoms. The van der Waals surface area contributed by atoms with Gasteiger partial charge in [-0.25, -0.2) is 28.1 Å². The average Bonchev–Trinajstić information content (AvgIpc) is 2.81. The Balaban J connectivity index is 1.59. The number of aromatic nitrogens is 2. The van der Waals surface area contributed by atoms with Crippen molar-refractivity contribution in [3.63, 3.8) is 0 Å². The summed E-state index contributed by atoms with van der Waals surface area (Å²) in [5, 5.41) is 0. The van der Waals surface area contributed by atoms with Crippen molar-refractivity contribution < 1.29 is 22.7 Å². The van der Waals surface area contributed by atoms with Crippen molar-refractivity contribution in [2.75, 3.05) is 11.8 Å². The van der Waals surface area contributed by atoms with E-state index >= 15 is 0 Å². The van der Waals surface area contributed by atoms with E-state index in [-0.39, 0.29) is 28.1 Å². The molecule has 0 aliphatic heterocycles. The number of carbonyl (C=O) groups is 2. The maximum Gasteiger partial charge on any atom is 0.264 e. The molecule has 32 heavy (non-hydrogen) atoms. The second kappa shape index (κ2) is 8.31. The molecule has 1 aromatic heterocycles. The van der Waals surface area contributed by atoms with E-state index < -0.39 is 15.9 Å². The molecule has 0 amide bonds. The van der Waals surface area contributed by atoms with Crippen LogP contribution in [0.15, 0.2) is 70.8 Å². The number of aliphatic imine (C=N–C) groups is 1. The summed E-state index contributed by atoms with van der Waals surface area (Å²) in [6.45, 7) is 1.63. The molecule has 10 heteroatoms. The van der Waals surface area contributed by atoms with Gasteiger partial charge in [-0.15, -0.1) is 0 Å². The van der Waals surface area contributed by atoms with Crippen molar-refractivity contribution in [2.24, 2.45) is 10.9 Å². The van der Waals surface area contributed by atoms with Gasteiger partial charge < -0.3 is 4.74 Å². The first-order chi connectivity index (χ1) is 15.3. The molecule has 0 saturated heterocycles. The zero-order chi connectivity index (χ0) is 22.9. The van der Waals surface area contributed by atoms with Gasteiger partial charge in [0, 0.05) is 11.1 Å². The van der Waals surface area contributed by atoms with Crippen LogP contribution in [0.25, 0.3) is 0 Å². The van der Waals surface area contributed by atoms with E-state index in [4.69, 9.17) is 4.74 Å². The van der Waals surface area contributed by atoms with Crippen LogP contribution in [0.4, 0.5) is 11.6 Å². The lowest BCUT2D eigenvalue weighted by Crippen LogP contribution is -2.35. The van der Waals surface area contributed by atoms with E-state index in [1.165, 1.54) is 43.8 Å². The Bertz CT molecular complexity index is 1330. The van der Waals surface area contributed by atoms with Gasteiger partial charge in [-0.1, -0.05) is 24.3 Å². The monoisotopic (exact) mass is 450 g/mol. The van der Waals surface area contributed by atoms with Crippen molar-refractivity contribution in [2.45, 2.75) is 11.8 Å². The van der Waals surface area contributed by atoms with Gasteiger partial charge >= 0.3 is 0 Å². The third-order valence-electron chi connectivity index (χ3n) is 4.96. The fraction of sp³-hybridized carbons (Fsp3) is 0.136. The molecule has 3 aromatic rings. The van der Waals surface area contributed by atoms with Crippen LogP contribution < -0.4 is 9.46 Å². The summed E-state index contributed by atoms with van der Waals surface area (Å²) >= 11 is 0. The molecule has 9 nitrogen and oxygen atoms in total. The molecule has 4 rings (SSSR count). The number of rotatable bonds is 5. The summed E-state index contributed by atoms with van der Waals surface area (Å²) in [5.41, 5.74) is 1.18. The number of nitrogens with one attached hydrogen (secondary N) is 1. The van der Waals surface area contributed by atoms with Gasteiger partial charge in [0.15, 0.2) is 11.5 Å². The minimum absolute atomic E-state index is 0.0368. The van der Waals surface area contributed by atoms with E-state index in [1.54, 1.807) is 31.2 Å². The molecule has 1 unspecified atom stereocenters. The molecular weight excluding hydrogens is 432 g/mol. The molecule has 2 aromatic carbocycles. The summed E-state index contributed by atoms with van der Waals surface area (Å²) in [7, 11) is -2.49. The van der Waals surface area contributed by atoms with Gasteiger partial charge in [0.2, 0.25) is 11.7 Å². The van der Waals surface area contributed by atoms with Crippen LogP contribution in [0.2, 0.25) is 0 Å². The summed E-state index contributed by atoms with van der Waals surface area (Å²) in [5.74, 6) is -0.905. The molecule has 0 saturated carbocycles. The second-order valence-electron chi connectivity index (χ2n) is 7.00. The lowest BCUT2D eigenvalue weighted by atomic mass is 9.81. The number of anilines is 1. The first-order valence-corrected chi connectivity index (χ1v) is 11.0. The molecule has 1 aliphatic carbocycles. The minimum Gasteiger partial charge on any atom is -0.494 e. The van der Waals surface area contributed by atoms with Gasteiger partial charge in [0.25, 0.3) is 10.0 Å². The predicted molar refractivity (Wildman–Crippen MR) is 117 cm³/mol. The first kappa shape index (κ1) is 21.3. The number of ketones is 2. The molecule has 0 spiro atoms. The van der Waals surface area contributed by atoms with Crippen molar-refractivity contribution in [1.82, 2.24) is 9.97 Å². The molecule has 0 radical (unpaired) electrons. The van der Waals surface area contributed by atoms with E-state index in [9.17, 15) is 18.0 Å². The highest BCUT2D eigenvalue weighted by Crippen LogP contribution is 2.27. The first-order valence-electron chi connectivity index (χ1n) is 9.55. The molecule has 162 valence electrons. The highest BCUT2D eigenvalue weighted by Gasteiger charge is 2.35. The summed E-state index contributed by atoms with van der Waals surface area (Å²) in [6.07, 6.45) is 2.68. The summed E-state index contributed by atoms with van der Waals surface area (Å²) < 4.78 is 32.4. The number of methoxy groups -OCH3 is 1. The Morgan fingerprint density at radius 3 is 2.22 bits per heavy atom. The topological polar surface area (TPSA) is 128 Å². The number of benzene rings is 2. The molecule has 1 N–H and O–H groups in total. The van der Waals surface area contributed by atoms with Gasteiger partial charge in [-0.2, -0.15) is 0 Å². The Morgan fingerprint density at radius 1 is 0.969 bits per heavy atom. The maximum atomic E-state index is 12.8. The van der Waals surface area contributed by atoms with Crippen LogP contribution in [0, 0.1) is 5.92 Å². The standard InChI is InChI=1S/C22H18N4O5S/c1-13-19(21(28)18-6-4-3-5-17(18)20(13)27)25-14-7-9-16(10-8-14)32(29,30)26-22-23-11-15(31-2)12-24-22/h3-13H,1-2H3,(H,23,24,26). The van der Waals surface area contributed by atoms with Crippen molar-refractivity contribution >= 4 is 38.9 Å². The largest absolute Gasteiger partial charge is 0.494 e. The van der Waals surface area contributed by atoms with Crippen LogP contribution in [0.1, 0.15) is 27.6 Å². The fourth-order valence-corrected chi connectivity index (χ4v) is 4.19. The highest BCUT2D eigenvalue weighted by molar-refractivity contribution is 7.92. The SMILES string of the molecule is COc1cnc(NS(=O)(=O)c2ccc(N=C3C(=O)c4ccccc4C(=O)C3C)cc2)nc1. The third-order valence-corrected chi connectivity index (χ3v) is 6.30. The molecule has 0 fully saturated rings. The molecular formula is C22H18N4O5S. The number of sulfonamides is 1. The molecule has 1 heterocycles. The van der Waals surface area contributed by atoms with Crippen LogP contribution >= 0.6 is 0 Å². The quantitative estimate of drug-likeness (QED) is 0.633. The van der Waals surface area contributed by atoms with Crippen LogP contribution in [0.3, 0.4) is 0 Å². The van der Waals surface area contributed by atoms with Crippen LogP contribution in [-0.4, -0.2) is 42.8 Å². The number of Topliss-reactive ketones (excluding diaryl/α,β-unsaturated/α-hetero) is 2. The van der Waals surface area contributed by atoms with Gasteiger partial charge in [-0.3, -0.25) is 9.59 Å². The number of fused-ring (bicyclic) bond motifs is 1. The zero-order valence-corrected chi connectivity index (χ0v) is 18.0. The Kier molecular flexibility index (Phi) is 5.54. The Labute approximate surface area is 184 Å². The average molecular weight is 450 g/mol. The third kappa shape index (κ3) is 4.00. The number of carbonyl (C=O) groups excluding carboxylic acids is 2. The number of hydrogen-bond donors (Lipinski definition) is 1. The Hall–Kier alpha value is -3.92. The fourth-order valence-electron chi connectivity index (χ4n) is 3.23. The number of ether oxygens (including phenoxy) is 1. The summed E-state index contributed by atoms with van der Waals surface area (Å²) in [4.78, 5) is 37.5. The molecule has 1 atom stereocenters. The summed E-state index contributed by atoms with van der Waals surface area (Å²) in [6, 6.07) is 12.2. The maximum absolute atomic E-state index is 12.8. The Morgan fingerprint density at radius 2 is 1.59 bits per heavy atom. The van der Waals surface area contributed by atoms with E-state index in [0.717, 1.165) is 0 Å². The van der Waals surface area contributed by atoms with E-state index in [1.807, 2.05) is 0 Å². The lowest BCUT2D eigenvalue weighted by molar-refractivity contribution is 0.0927. The minimum atomic E-state index is -3.94. The van der Waals surface area contributed by atoms with Crippen LogP contribution in [-0.2, 0) is 10.0 Å². The normalized spacial score (nSPS) is 17.2. The smallest absolute Gasteiger partial charge is 0.264 e. The van der Waals surface area contributed by atoms with Crippen molar-refractivity contribution in [3.05, 3.63) is 72.1 Å². The van der Waals surface area contributed by atoms with E-state index in [2.05, 4.69) is 19.7 Å². The van der Waals surface area contributed by atoms with E-state index in [0.29, 0.717) is 22.6 Å². The van der Waals surface area contributed by atoms with Gasteiger partial charge in [0.05, 0.1) is 41.7 Å². The van der Waals surface area contributed by atoms with Crippen molar-refractivity contribution in [1.29, 1.82) is 0 Å². The zero-order valence-electron chi connectivity index (χ0n) is 17.1. The van der Waals surface area contributed by atoms with Gasteiger partial charge in [0.1, 0.15) is 0 Å². The van der Waals surface area contributed by atoms with Crippen molar-refractivity contribution in [3.8, 4) is 5.75 Å². The number of hydrogen-bond acceptors (Lipinski definition) is 8. The second-order valence-corrected chi connectivity index (χ2v) is 8.69. The lowest BCUT2D eigenvalue weighted by Gasteiger charge is -2.21. The van der Waals surface area contributed by atoms with Gasteiger partial charge in [-0.05, 0) is 31.2 Å². The van der Waals surface area contributed by atoms with Crippen LogP contribution in [0.5, 0.6) is 5.75 Å². The molecule has 1 aliphatic rings. The highest BCUT2D eigenvalue weighted by atomic mass is 32.2. The predicted octanol–water partition coefficient (Wildman–Crippen LogP) is 3.07.